The first-order chi connectivity index (χ1) is 11.4. The van der Waals surface area contributed by atoms with Gasteiger partial charge in [-0.25, -0.2) is 19.8 Å². The van der Waals surface area contributed by atoms with Crippen LogP contribution in [-0.2, 0) is 10.2 Å². The van der Waals surface area contributed by atoms with Crippen molar-refractivity contribution in [2.75, 3.05) is 26.5 Å². The molecule has 2 aromatic rings. The molecule has 0 fully saturated rings. The van der Waals surface area contributed by atoms with E-state index in [-0.39, 0.29) is 12.4 Å². The first kappa shape index (κ1) is 21.7. The minimum absolute atomic E-state index is 0. The van der Waals surface area contributed by atoms with E-state index in [1.54, 1.807) is 26.0 Å². The monoisotopic (exact) mass is 408 g/mol. The summed E-state index contributed by atoms with van der Waals surface area (Å²) < 4.78 is 34.4. The highest BCUT2D eigenvalue weighted by atomic mass is 35.5. The molecule has 0 amide bonds. The van der Waals surface area contributed by atoms with Crippen molar-refractivity contribution in [1.82, 2.24) is 14.7 Å². The number of hydrogen-bond donors (Lipinski definition) is 2. The number of thioether (sulfide) groups is 1. The Morgan fingerprint density at radius 2 is 1.84 bits per heavy atom. The van der Waals surface area contributed by atoms with Crippen LogP contribution >= 0.6 is 24.2 Å². The quantitative estimate of drug-likeness (QED) is 0.368. The van der Waals surface area contributed by atoms with E-state index < -0.39 is 10.2 Å². The maximum atomic E-state index is 10.8. The molecule has 0 aliphatic heterocycles. The molecule has 25 heavy (non-hydrogen) atoms. The number of halogens is 1. The number of aromatic nitrogens is 2. The third kappa shape index (κ3) is 6.48. The van der Waals surface area contributed by atoms with Crippen molar-refractivity contribution in [1.29, 1.82) is 0 Å². The average Bonchev–Trinajstić information content (AvgIpc) is 2.55. The molecule has 3 N–H and O–H groups in total. The minimum Gasteiger partial charge on any atom is -0.493 e. The predicted molar refractivity (Wildman–Crippen MR) is 101 cm³/mol. The Labute approximate surface area is 157 Å². The summed E-state index contributed by atoms with van der Waals surface area (Å²) in [6, 6.07) is 3.68. The van der Waals surface area contributed by atoms with Crippen molar-refractivity contribution in [2.24, 2.45) is 5.14 Å². The summed E-state index contributed by atoms with van der Waals surface area (Å²) in [5.74, 6) is 2.04. The van der Waals surface area contributed by atoms with Gasteiger partial charge < -0.3 is 9.47 Å². The molecule has 0 spiro atoms. The van der Waals surface area contributed by atoms with E-state index >= 15 is 0 Å². The standard InChI is InChI=1S/C14H20N4O4S2.ClH/c1-21-12-7-10-11(8-13(12)22-2)16-9-17-14(10)23-6-4-3-5-18-24(15,19)20;/h7-9,18H,3-6H2,1-2H3,(H2,15,19,20);1H. The van der Waals surface area contributed by atoms with Gasteiger partial charge in [-0.3, -0.25) is 0 Å². The van der Waals surface area contributed by atoms with Gasteiger partial charge in [-0.05, 0) is 24.7 Å². The summed E-state index contributed by atoms with van der Waals surface area (Å²) in [5.41, 5.74) is 0.779. The van der Waals surface area contributed by atoms with E-state index in [2.05, 4.69) is 14.7 Å². The number of rotatable bonds is 9. The second-order valence-electron chi connectivity index (χ2n) is 4.90. The van der Waals surface area contributed by atoms with E-state index in [4.69, 9.17) is 14.6 Å². The summed E-state index contributed by atoms with van der Waals surface area (Å²) in [6.07, 6.45) is 3.04. The number of nitrogens with one attached hydrogen (secondary N) is 1. The van der Waals surface area contributed by atoms with Gasteiger partial charge >= 0.3 is 0 Å². The lowest BCUT2D eigenvalue weighted by atomic mass is 10.2. The molecule has 0 unspecified atom stereocenters. The van der Waals surface area contributed by atoms with E-state index in [1.807, 2.05) is 12.1 Å². The second kappa shape index (κ2) is 9.97. The molecule has 11 heteroatoms. The molecule has 0 atom stereocenters. The van der Waals surface area contributed by atoms with Crippen molar-refractivity contribution in [3.63, 3.8) is 0 Å². The Hall–Kier alpha value is -1.33. The molecule has 1 aromatic carbocycles. The number of nitrogens with two attached hydrogens (primary N) is 1. The van der Waals surface area contributed by atoms with Crippen LogP contribution in [0.25, 0.3) is 10.9 Å². The van der Waals surface area contributed by atoms with Crippen LogP contribution in [0.1, 0.15) is 12.8 Å². The molecule has 1 aromatic heterocycles. The zero-order chi connectivity index (χ0) is 17.6. The van der Waals surface area contributed by atoms with Gasteiger partial charge in [0.25, 0.3) is 10.2 Å². The summed E-state index contributed by atoms with van der Waals surface area (Å²) in [7, 11) is -0.448. The third-order valence-corrected chi connectivity index (χ3v) is 4.92. The van der Waals surface area contributed by atoms with Crippen molar-refractivity contribution < 1.29 is 17.9 Å². The lowest BCUT2D eigenvalue weighted by molar-refractivity contribution is 0.355. The molecule has 0 saturated heterocycles. The van der Waals surface area contributed by atoms with Gasteiger partial charge in [-0.2, -0.15) is 8.42 Å². The summed E-state index contributed by atoms with van der Waals surface area (Å²) in [5, 5.41) is 6.61. The second-order valence-corrected chi connectivity index (χ2v) is 7.36. The number of unbranched alkanes of at least 4 members (excludes halogenated alkanes) is 1. The van der Waals surface area contributed by atoms with Crippen molar-refractivity contribution in [2.45, 2.75) is 17.9 Å². The van der Waals surface area contributed by atoms with Crippen LogP contribution in [-0.4, -0.2) is 44.9 Å². The predicted octanol–water partition coefficient (Wildman–Crippen LogP) is 1.73. The van der Waals surface area contributed by atoms with Crippen LogP contribution in [0.5, 0.6) is 11.5 Å². The van der Waals surface area contributed by atoms with Crippen molar-refractivity contribution >= 4 is 45.3 Å². The third-order valence-electron chi connectivity index (χ3n) is 3.22. The fraction of sp³-hybridized carbons (Fsp3) is 0.429. The van der Waals surface area contributed by atoms with Crippen LogP contribution in [0, 0.1) is 0 Å². The van der Waals surface area contributed by atoms with Gasteiger partial charge in [0.15, 0.2) is 11.5 Å². The summed E-state index contributed by atoms with van der Waals surface area (Å²) in [6.45, 7) is 0.328. The van der Waals surface area contributed by atoms with E-state index in [1.165, 1.54) is 6.33 Å². The van der Waals surface area contributed by atoms with E-state index in [0.29, 0.717) is 24.5 Å². The maximum Gasteiger partial charge on any atom is 0.274 e. The Kier molecular flexibility index (Phi) is 8.66. The van der Waals surface area contributed by atoms with Gasteiger partial charge in [0, 0.05) is 18.0 Å². The number of fused-ring (bicyclic) bond motifs is 1. The molecule has 0 bridgehead atoms. The molecule has 1 heterocycles. The topological polar surface area (TPSA) is 116 Å². The summed E-state index contributed by atoms with van der Waals surface area (Å²) in [4.78, 5) is 8.58. The molecule has 2 rings (SSSR count). The smallest absolute Gasteiger partial charge is 0.274 e. The number of ether oxygens (including phenoxy) is 2. The number of methoxy groups -OCH3 is 2. The largest absolute Gasteiger partial charge is 0.493 e. The van der Waals surface area contributed by atoms with Gasteiger partial charge in [-0.1, -0.05) is 0 Å². The molecule has 0 radical (unpaired) electrons. The Bertz CT molecular complexity index is 805. The van der Waals surface area contributed by atoms with Gasteiger partial charge in [-0.15, -0.1) is 24.2 Å². The summed E-state index contributed by atoms with van der Waals surface area (Å²) >= 11 is 1.58. The van der Waals surface area contributed by atoms with Crippen molar-refractivity contribution in [3.8, 4) is 11.5 Å². The Morgan fingerprint density at radius 1 is 1.16 bits per heavy atom. The van der Waals surface area contributed by atoms with E-state index in [9.17, 15) is 8.42 Å². The first-order valence-corrected chi connectivity index (χ1v) is 9.74. The molecule has 0 aliphatic rings. The SMILES string of the molecule is COc1cc2ncnc(SCCCCNS(N)(=O)=O)c2cc1OC.Cl. The molecule has 0 aliphatic carbocycles. The van der Waals surface area contributed by atoms with Crippen LogP contribution in [0.3, 0.4) is 0 Å². The van der Waals surface area contributed by atoms with Crippen LogP contribution in [0.15, 0.2) is 23.5 Å². The molecular weight excluding hydrogens is 388 g/mol. The van der Waals surface area contributed by atoms with Gasteiger partial charge in [0.05, 0.1) is 19.7 Å². The lowest BCUT2D eigenvalue weighted by Gasteiger charge is -2.10. The normalized spacial score (nSPS) is 11.2. The Balaban J connectivity index is 0.00000312. The zero-order valence-corrected chi connectivity index (χ0v) is 16.3. The highest BCUT2D eigenvalue weighted by molar-refractivity contribution is 7.99. The highest BCUT2D eigenvalue weighted by Gasteiger charge is 2.11. The van der Waals surface area contributed by atoms with Crippen molar-refractivity contribution in [3.05, 3.63) is 18.5 Å². The fourth-order valence-corrected chi connectivity index (χ4v) is 3.50. The molecular formula is C14H21ClN4O4S2. The maximum absolute atomic E-state index is 10.8. The lowest BCUT2D eigenvalue weighted by Crippen LogP contribution is -2.31. The van der Waals surface area contributed by atoms with Crippen LogP contribution in [0.4, 0.5) is 0 Å². The van der Waals surface area contributed by atoms with Crippen LogP contribution in [0.2, 0.25) is 0 Å². The number of nitrogens with zero attached hydrogens (tertiary/aromatic N) is 2. The highest BCUT2D eigenvalue weighted by Crippen LogP contribution is 2.34. The average molecular weight is 409 g/mol. The van der Waals surface area contributed by atoms with Gasteiger partial charge in [0.1, 0.15) is 11.4 Å². The molecule has 140 valence electrons. The Morgan fingerprint density at radius 3 is 2.48 bits per heavy atom. The molecule has 8 nitrogen and oxygen atoms in total. The van der Waals surface area contributed by atoms with E-state index in [0.717, 1.165) is 28.1 Å². The number of hydrogen-bond acceptors (Lipinski definition) is 7. The van der Waals surface area contributed by atoms with Gasteiger partial charge in [0.2, 0.25) is 0 Å². The number of benzene rings is 1. The first-order valence-electron chi connectivity index (χ1n) is 7.21. The minimum atomic E-state index is -3.61. The van der Waals surface area contributed by atoms with Crippen LogP contribution < -0.4 is 19.3 Å². The zero-order valence-electron chi connectivity index (χ0n) is 13.9. The molecule has 0 saturated carbocycles. The fourth-order valence-electron chi connectivity index (χ4n) is 2.08.